The molecule has 0 N–H and O–H groups in total. The fraction of sp³-hybridized carbons (Fsp3) is 0.429. The van der Waals surface area contributed by atoms with Gasteiger partial charge in [0.15, 0.2) is 0 Å². The van der Waals surface area contributed by atoms with E-state index >= 15 is 0 Å². The molecule has 9 nitrogen and oxygen atoms in total. The summed E-state index contributed by atoms with van der Waals surface area (Å²) in [6, 6.07) is 11.0. The molecule has 0 unspecified atom stereocenters. The van der Waals surface area contributed by atoms with Gasteiger partial charge in [0.2, 0.25) is 0 Å². The number of pyridine rings is 2. The monoisotopic (exact) mass is 497 g/mol. The average molecular weight is 498 g/mol. The fourth-order valence-corrected chi connectivity index (χ4v) is 5.49. The van der Waals surface area contributed by atoms with Crippen LogP contribution in [0.15, 0.2) is 49.1 Å². The zero-order valence-electron chi connectivity index (χ0n) is 21.2. The van der Waals surface area contributed by atoms with Crippen molar-refractivity contribution in [2.24, 2.45) is 0 Å². The van der Waals surface area contributed by atoms with Crippen molar-refractivity contribution in [2.75, 3.05) is 26.3 Å². The first-order valence-electron chi connectivity index (χ1n) is 13.0. The summed E-state index contributed by atoms with van der Waals surface area (Å²) in [7, 11) is 0. The van der Waals surface area contributed by atoms with Crippen molar-refractivity contribution in [3.63, 3.8) is 0 Å². The lowest BCUT2D eigenvalue weighted by molar-refractivity contribution is -0.0639. The summed E-state index contributed by atoms with van der Waals surface area (Å²) in [6.07, 6.45) is 10.3. The van der Waals surface area contributed by atoms with E-state index in [4.69, 9.17) is 14.6 Å². The van der Waals surface area contributed by atoms with E-state index in [2.05, 4.69) is 32.7 Å². The van der Waals surface area contributed by atoms with Gasteiger partial charge in [0.05, 0.1) is 43.4 Å². The number of hydrogen-bond acceptors (Lipinski definition) is 7. The Bertz CT molecular complexity index is 1430. The lowest BCUT2D eigenvalue weighted by Crippen LogP contribution is -2.49. The predicted octanol–water partition coefficient (Wildman–Crippen LogP) is 4.34. The zero-order valence-corrected chi connectivity index (χ0v) is 21.2. The SMILES string of the molecule is Cc1c(-c2cc(O[C@H](C)c3ccccn3)c3c(C#N)cnn3c2)cnn1[C@@H]1CCCN(C2COC2)CC1. The first-order valence-corrected chi connectivity index (χ1v) is 13.0. The smallest absolute Gasteiger partial charge is 0.148 e. The molecule has 0 spiro atoms. The van der Waals surface area contributed by atoms with E-state index in [1.807, 2.05) is 43.6 Å². The van der Waals surface area contributed by atoms with Gasteiger partial charge in [-0.3, -0.25) is 14.6 Å². The van der Waals surface area contributed by atoms with Crippen molar-refractivity contribution in [1.29, 1.82) is 5.26 Å². The lowest BCUT2D eigenvalue weighted by atomic mass is 10.1. The maximum atomic E-state index is 9.68. The Kier molecular flexibility index (Phi) is 6.37. The molecule has 4 aromatic rings. The van der Waals surface area contributed by atoms with Crippen molar-refractivity contribution in [2.45, 2.75) is 51.3 Å². The molecule has 4 aromatic heterocycles. The molecule has 6 heterocycles. The summed E-state index contributed by atoms with van der Waals surface area (Å²) >= 11 is 0. The molecule has 0 amide bonds. The van der Waals surface area contributed by atoms with Gasteiger partial charge < -0.3 is 9.47 Å². The standard InChI is InChI=1S/C28H31N7O2/c1-19-25(15-32-35(19)23-6-5-10-33(11-8-23)24-17-36-18-24)21-12-27(28-22(13-29)14-31-34(28)16-21)37-20(2)26-7-3-4-9-30-26/h3-4,7,9,12,14-16,20,23-24H,5-6,8,10-11,17-18H2,1-2H3/t20-,23-/m1/s1. The fourth-order valence-electron chi connectivity index (χ4n) is 5.49. The summed E-state index contributed by atoms with van der Waals surface area (Å²) in [5, 5.41) is 19.0. The van der Waals surface area contributed by atoms with Crippen molar-refractivity contribution in [3.8, 4) is 22.9 Å². The topological polar surface area (TPSA) is 93.5 Å². The molecule has 9 heteroatoms. The number of ether oxygens (including phenoxy) is 2. The molecule has 2 aliphatic heterocycles. The van der Waals surface area contributed by atoms with Gasteiger partial charge in [-0.25, -0.2) is 4.52 Å². The van der Waals surface area contributed by atoms with Crippen LogP contribution in [-0.2, 0) is 4.74 Å². The molecule has 6 rings (SSSR count). The van der Waals surface area contributed by atoms with Crippen LogP contribution < -0.4 is 4.74 Å². The number of nitrogens with zero attached hydrogens (tertiary/aromatic N) is 7. The summed E-state index contributed by atoms with van der Waals surface area (Å²) in [5.74, 6) is 0.602. The lowest BCUT2D eigenvalue weighted by Gasteiger charge is -2.36. The minimum absolute atomic E-state index is 0.291. The quantitative estimate of drug-likeness (QED) is 0.391. The Morgan fingerprint density at radius 2 is 2.03 bits per heavy atom. The normalized spacial score (nSPS) is 19.8. The van der Waals surface area contributed by atoms with Gasteiger partial charge in [0.1, 0.15) is 29.0 Å². The van der Waals surface area contributed by atoms with Gasteiger partial charge in [0.25, 0.3) is 0 Å². The van der Waals surface area contributed by atoms with Crippen molar-refractivity contribution < 1.29 is 9.47 Å². The second kappa shape index (κ2) is 9.96. The van der Waals surface area contributed by atoms with Gasteiger partial charge in [-0.1, -0.05) is 6.07 Å². The number of likely N-dealkylation sites (tertiary alicyclic amines) is 1. The van der Waals surface area contributed by atoms with E-state index in [-0.39, 0.29) is 6.10 Å². The minimum atomic E-state index is -0.291. The number of aromatic nitrogens is 5. The Morgan fingerprint density at radius 3 is 2.78 bits per heavy atom. The van der Waals surface area contributed by atoms with Crippen molar-refractivity contribution in [3.05, 3.63) is 66.0 Å². The molecule has 190 valence electrons. The van der Waals surface area contributed by atoms with Gasteiger partial charge in [-0.05, 0) is 57.9 Å². The van der Waals surface area contributed by atoms with Crippen LogP contribution in [0.4, 0.5) is 0 Å². The largest absolute Gasteiger partial charge is 0.482 e. The Hall–Kier alpha value is -3.74. The van der Waals surface area contributed by atoms with E-state index in [0.29, 0.717) is 28.9 Å². The molecule has 0 aromatic carbocycles. The van der Waals surface area contributed by atoms with Crippen LogP contribution in [0, 0.1) is 18.3 Å². The Balaban J connectivity index is 1.31. The van der Waals surface area contributed by atoms with Crippen LogP contribution >= 0.6 is 0 Å². The zero-order chi connectivity index (χ0) is 25.4. The van der Waals surface area contributed by atoms with Gasteiger partial charge >= 0.3 is 0 Å². The van der Waals surface area contributed by atoms with Crippen LogP contribution in [0.3, 0.4) is 0 Å². The second-order valence-corrected chi connectivity index (χ2v) is 9.97. The van der Waals surface area contributed by atoms with E-state index in [9.17, 15) is 5.26 Å². The number of hydrogen-bond donors (Lipinski definition) is 0. The molecule has 2 fully saturated rings. The molecule has 2 saturated heterocycles. The van der Waals surface area contributed by atoms with E-state index in [1.165, 1.54) is 0 Å². The van der Waals surface area contributed by atoms with Crippen LogP contribution in [0.2, 0.25) is 0 Å². The van der Waals surface area contributed by atoms with Crippen LogP contribution in [0.1, 0.15) is 55.3 Å². The van der Waals surface area contributed by atoms with Crippen LogP contribution in [0.25, 0.3) is 16.6 Å². The van der Waals surface area contributed by atoms with Crippen molar-refractivity contribution >= 4 is 5.52 Å². The molecule has 2 aliphatic rings. The second-order valence-electron chi connectivity index (χ2n) is 9.97. The first-order chi connectivity index (χ1) is 18.1. The van der Waals surface area contributed by atoms with Gasteiger partial charge in [-0.15, -0.1) is 0 Å². The summed E-state index contributed by atoms with van der Waals surface area (Å²) < 4.78 is 15.7. The first kappa shape index (κ1) is 23.6. The van der Waals surface area contributed by atoms with Gasteiger partial charge in [-0.2, -0.15) is 15.5 Å². The van der Waals surface area contributed by atoms with Crippen LogP contribution in [0.5, 0.6) is 5.75 Å². The van der Waals surface area contributed by atoms with Gasteiger partial charge in [0, 0.05) is 35.8 Å². The summed E-state index contributed by atoms with van der Waals surface area (Å²) in [4.78, 5) is 7.01. The molecule has 0 bridgehead atoms. The third-order valence-corrected chi connectivity index (χ3v) is 7.68. The highest BCUT2D eigenvalue weighted by molar-refractivity contribution is 5.76. The molecular weight excluding hydrogens is 466 g/mol. The third kappa shape index (κ3) is 4.47. The van der Waals surface area contributed by atoms with Crippen molar-refractivity contribution in [1.82, 2.24) is 29.3 Å². The summed E-state index contributed by atoms with van der Waals surface area (Å²) in [5.41, 5.74) is 5.07. The molecule has 0 saturated carbocycles. The highest BCUT2D eigenvalue weighted by Gasteiger charge is 2.29. The molecule has 0 aliphatic carbocycles. The average Bonchev–Trinajstić information content (AvgIpc) is 3.40. The number of rotatable bonds is 6. The molecule has 2 atom stereocenters. The van der Waals surface area contributed by atoms with E-state index < -0.39 is 0 Å². The maximum absolute atomic E-state index is 9.68. The van der Waals surface area contributed by atoms with Crippen LogP contribution in [-0.4, -0.2) is 61.6 Å². The predicted molar refractivity (Wildman–Crippen MR) is 138 cm³/mol. The maximum Gasteiger partial charge on any atom is 0.148 e. The van der Waals surface area contributed by atoms with E-state index in [1.54, 1.807) is 16.9 Å². The molecule has 0 radical (unpaired) electrons. The highest BCUT2D eigenvalue weighted by Crippen LogP contribution is 2.35. The summed E-state index contributed by atoms with van der Waals surface area (Å²) in [6.45, 7) is 8.03. The number of fused-ring (bicyclic) bond motifs is 1. The Morgan fingerprint density at radius 1 is 1.14 bits per heavy atom. The Labute approximate surface area is 216 Å². The minimum Gasteiger partial charge on any atom is -0.482 e. The molecular formula is C28H31N7O2. The molecule has 37 heavy (non-hydrogen) atoms. The highest BCUT2D eigenvalue weighted by atomic mass is 16.5. The van der Waals surface area contributed by atoms with E-state index in [0.717, 1.165) is 68.1 Å². The number of nitriles is 1. The third-order valence-electron chi connectivity index (χ3n) is 7.68.